The molecule has 0 aliphatic heterocycles. The number of nitro groups is 1. The Bertz CT molecular complexity index is 1150. The first kappa shape index (κ1) is 22.0. The van der Waals surface area contributed by atoms with Gasteiger partial charge in [-0.3, -0.25) is 14.9 Å². The Morgan fingerprint density at radius 2 is 1.87 bits per heavy atom. The lowest BCUT2D eigenvalue weighted by Gasteiger charge is -2.12. The quantitative estimate of drug-likeness (QED) is 0.321. The molecule has 8 nitrogen and oxygen atoms in total. The Morgan fingerprint density at radius 3 is 2.55 bits per heavy atom. The van der Waals surface area contributed by atoms with E-state index in [9.17, 15) is 14.9 Å². The van der Waals surface area contributed by atoms with Crippen molar-refractivity contribution in [3.63, 3.8) is 0 Å². The van der Waals surface area contributed by atoms with Crippen molar-refractivity contribution in [2.45, 2.75) is 20.8 Å². The zero-order valence-corrected chi connectivity index (χ0v) is 18.1. The van der Waals surface area contributed by atoms with Crippen molar-refractivity contribution in [2.75, 3.05) is 11.9 Å². The van der Waals surface area contributed by atoms with Crippen molar-refractivity contribution in [3.8, 4) is 5.69 Å². The predicted octanol–water partition coefficient (Wildman–Crippen LogP) is 4.53. The Labute approximate surface area is 184 Å². The van der Waals surface area contributed by atoms with Gasteiger partial charge in [0.05, 0.1) is 23.4 Å². The third kappa shape index (κ3) is 5.29. The fourth-order valence-corrected chi connectivity index (χ4v) is 3.33. The van der Waals surface area contributed by atoms with Gasteiger partial charge >= 0.3 is 0 Å². The third-order valence-electron chi connectivity index (χ3n) is 4.80. The number of aryl methyl sites for hydroxylation is 2. The number of hydrazone groups is 1. The molecular weight excluding hydrogens is 418 g/mol. The number of non-ortho nitro benzene ring substituents is 1. The highest BCUT2D eigenvalue weighted by molar-refractivity contribution is 6.30. The van der Waals surface area contributed by atoms with E-state index in [4.69, 9.17) is 11.6 Å². The fraction of sp³-hybridized carbons (Fsp3) is 0.182. The molecular formula is C22H22ClN5O3. The van der Waals surface area contributed by atoms with Gasteiger partial charge in [0.15, 0.2) is 0 Å². The molecule has 31 heavy (non-hydrogen) atoms. The van der Waals surface area contributed by atoms with E-state index in [2.05, 4.69) is 15.8 Å². The number of rotatable bonds is 7. The summed E-state index contributed by atoms with van der Waals surface area (Å²) in [5.74, 6) is -0.297. The van der Waals surface area contributed by atoms with Gasteiger partial charge in [-0.15, -0.1) is 0 Å². The maximum atomic E-state index is 12.0. The SMILES string of the molecule is Cc1ccc([N+](=O)[O-])cc1-n1c(C)cc(/C=N\NC(=O)CNc2ccc(Cl)cc2)c1C. The maximum absolute atomic E-state index is 12.0. The van der Waals surface area contributed by atoms with Crippen molar-refractivity contribution >= 4 is 35.1 Å². The van der Waals surface area contributed by atoms with Gasteiger partial charge in [-0.1, -0.05) is 17.7 Å². The summed E-state index contributed by atoms with van der Waals surface area (Å²) in [6.45, 7) is 5.78. The highest BCUT2D eigenvalue weighted by Crippen LogP contribution is 2.26. The van der Waals surface area contributed by atoms with Crippen LogP contribution in [0.5, 0.6) is 0 Å². The number of carbonyl (C=O) groups is 1. The Morgan fingerprint density at radius 1 is 1.16 bits per heavy atom. The van der Waals surface area contributed by atoms with E-state index in [1.165, 1.54) is 6.07 Å². The molecule has 0 aliphatic carbocycles. The van der Waals surface area contributed by atoms with Crippen molar-refractivity contribution in [1.82, 2.24) is 9.99 Å². The molecule has 2 N–H and O–H groups in total. The number of nitro benzene ring substituents is 1. The molecule has 1 aromatic heterocycles. The molecule has 2 aromatic carbocycles. The molecule has 9 heteroatoms. The molecule has 0 unspecified atom stereocenters. The van der Waals surface area contributed by atoms with Crippen molar-refractivity contribution in [3.05, 3.63) is 86.2 Å². The second-order valence-corrected chi connectivity index (χ2v) is 7.48. The Hall–Kier alpha value is -3.65. The summed E-state index contributed by atoms with van der Waals surface area (Å²) < 4.78 is 1.94. The molecule has 0 spiro atoms. The molecule has 1 amide bonds. The van der Waals surface area contributed by atoms with Crippen molar-refractivity contribution in [2.24, 2.45) is 5.10 Å². The summed E-state index contributed by atoms with van der Waals surface area (Å²) in [5.41, 5.74) is 7.51. The highest BCUT2D eigenvalue weighted by atomic mass is 35.5. The van der Waals surface area contributed by atoms with E-state index in [0.29, 0.717) is 5.02 Å². The van der Waals surface area contributed by atoms with E-state index in [1.54, 1.807) is 42.6 Å². The topological polar surface area (TPSA) is 102 Å². The van der Waals surface area contributed by atoms with Gasteiger partial charge in [0.1, 0.15) is 0 Å². The minimum atomic E-state index is -0.410. The molecule has 0 atom stereocenters. The van der Waals surface area contributed by atoms with Crippen LogP contribution in [0.4, 0.5) is 11.4 Å². The summed E-state index contributed by atoms with van der Waals surface area (Å²) in [6, 6.07) is 13.7. The number of amides is 1. The normalized spacial score (nSPS) is 11.0. The van der Waals surface area contributed by atoms with Crippen LogP contribution in [0.2, 0.25) is 5.02 Å². The third-order valence-corrected chi connectivity index (χ3v) is 5.06. The van der Waals surface area contributed by atoms with Gasteiger partial charge in [-0.25, -0.2) is 5.43 Å². The minimum absolute atomic E-state index is 0.0313. The van der Waals surface area contributed by atoms with Crippen LogP contribution in [-0.2, 0) is 4.79 Å². The Kier molecular flexibility index (Phi) is 6.71. The first-order chi connectivity index (χ1) is 14.8. The van der Waals surface area contributed by atoms with Crippen LogP contribution in [0.3, 0.4) is 0 Å². The molecule has 0 fully saturated rings. The number of nitrogens with one attached hydrogen (secondary N) is 2. The molecule has 0 aliphatic rings. The number of halogens is 1. The van der Waals surface area contributed by atoms with Crippen LogP contribution < -0.4 is 10.7 Å². The van der Waals surface area contributed by atoms with Crippen LogP contribution in [0, 0.1) is 30.9 Å². The van der Waals surface area contributed by atoms with Gasteiger partial charge in [-0.2, -0.15) is 5.10 Å². The number of anilines is 1. The molecule has 3 rings (SSSR count). The largest absolute Gasteiger partial charge is 0.376 e. The lowest BCUT2D eigenvalue weighted by Crippen LogP contribution is -2.25. The number of hydrogen-bond donors (Lipinski definition) is 2. The monoisotopic (exact) mass is 439 g/mol. The highest BCUT2D eigenvalue weighted by Gasteiger charge is 2.15. The van der Waals surface area contributed by atoms with Gasteiger partial charge in [0, 0.05) is 39.8 Å². The summed E-state index contributed by atoms with van der Waals surface area (Å²) in [4.78, 5) is 22.8. The van der Waals surface area contributed by atoms with E-state index in [0.717, 1.165) is 33.9 Å². The molecule has 0 radical (unpaired) electrons. The average Bonchev–Trinajstić information content (AvgIpc) is 3.01. The summed E-state index contributed by atoms with van der Waals surface area (Å²) in [6.07, 6.45) is 1.56. The minimum Gasteiger partial charge on any atom is -0.376 e. The summed E-state index contributed by atoms with van der Waals surface area (Å²) >= 11 is 5.84. The first-order valence-corrected chi connectivity index (χ1v) is 9.89. The van der Waals surface area contributed by atoms with E-state index >= 15 is 0 Å². The predicted molar refractivity (Wildman–Crippen MR) is 122 cm³/mol. The number of nitrogens with zero attached hydrogens (tertiary/aromatic N) is 3. The lowest BCUT2D eigenvalue weighted by molar-refractivity contribution is -0.384. The zero-order chi connectivity index (χ0) is 22.5. The van der Waals surface area contributed by atoms with Crippen LogP contribution in [0.1, 0.15) is 22.5 Å². The molecule has 3 aromatic rings. The van der Waals surface area contributed by atoms with Crippen LogP contribution in [-0.4, -0.2) is 28.2 Å². The van der Waals surface area contributed by atoms with Gasteiger partial charge in [0.2, 0.25) is 0 Å². The number of carbonyl (C=O) groups excluding carboxylic acids is 1. The number of hydrogen-bond acceptors (Lipinski definition) is 5. The number of benzene rings is 2. The summed E-state index contributed by atoms with van der Waals surface area (Å²) in [5, 5.41) is 18.8. The standard InChI is InChI=1S/C22H22ClN5O3/c1-14-4-9-20(28(30)31)11-21(14)27-15(2)10-17(16(27)3)12-25-26-22(29)13-24-19-7-5-18(23)6-8-19/h4-12,24H,13H2,1-3H3,(H,26,29)/b25-12-. The van der Waals surface area contributed by atoms with Crippen LogP contribution in [0.15, 0.2) is 53.6 Å². The van der Waals surface area contributed by atoms with Gasteiger partial charge < -0.3 is 9.88 Å². The van der Waals surface area contributed by atoms with Crippen molar-refractivity contribution in [1.29, 1.82) is 0 Å². The molecule has 0 saturated heterocycles. The van der Waals surface area contributed by atoms with Gasteiger partial charge in [-0.05, 0) is 56.7 Å². The lowest BCUT2D eigenvalue weighted by atomic mass is 10.1. The first-order valence-electron chi connectivity index (χ1n) is 9.52. The molecule has 0 bridgehead atoms. The smallest absolute Gasteiger partial charge is 0.271 e. The maximum Gasteiger partial charge on any atom is 0.271 e. The second kappa shape index (κ2) is 9.44. The van der Waals surface area contributed by atoms with Crippen molar-refractivity contribution < 1.29 is 9.72 Å². The second-order valence-electron chi connectivity index (χ2n) is 7.04. The van der Waals surface area contributed by atoms with E-state index in [1.807, 2.05) is 31.4 Å². The van der Waals surface area contributed by atoms with Crippen LogP contribution >= 0.6 is 11.6 Å². The van der Waals surface area contributed by atoms with E-state index < -0.39 is 4.92 Å². The van der Waals surface area contributed by atoms with Crippen LogP contribution in [0.25, 0.3) is 5.69 Å². The zero-order valence-electron chi connectivity index (χ0n) is 17.3. The molecule has 160 valence electrons. The molecule has 1 heterocycles. The Balaban J connectivity index is 1.70. The molecule has 0 saturated carbocycles. The summed E-state index contributed by atoms with van der Waals surface area (Å²) in [7, 11) is 0. The number of aromatic nitrogens is 1. The van der Waals surface area contributed by atoms with Gasteiger partial charge in [0.25, 0.3) is 11.6 Å². The average molecular weight is 440 g/mol. The fourth-order valence-electron chi connectivity index (χ4n) is 3.20. The van der Waals surface area contributed by atoms with E-state index in [-0.39, 0.29) is 18.1 Å².